The summed E-state index contributed by atoms with van der Waals surface area (Å²) in [6.45, 7) is 3.48. The normalized spacial score (nSPS) is 11.7. The molecule has 1 aromatic carbocycles. The van der Waals surface area contributed by atoms with E-state index in [1.807, 2.05) is 6.92 Å². The van der Waals surface area contributed by atoms with Crippen LogP contribution in [0.4, 0.5) is 9.52 Å². The highest BCUT2D eigenvalue weighted by Gasteiger charge is 2.14. The van der Waals surface area contributed by atoms with Crippen LogP contribution in [-0.4, -0.2) is 36.7 Å². The number of amides is 1. The summed E-state index contributed by atoms with van der Waals surface area (Å²) in [5, 5.41) is 2.16. The van der Waals surface area contributed by atoms with E-state index in [0.717, 1.165) is 17.5 Å². The number of hydrogen-bond donors (Lipinski definition) is 1. The van der Waals surface area contributed by atoms with Crippen molar-refractivity contribution in [1.82, 2.24) is 4.98 Å². The topological polar surface area (TPSA) is 86.8 Å². The number of ether oxygens (including phenoxy) is 3. The van der Waals surface area contributed by atoms with Crippen molar-refractivity contribution in [2.75, 3.05) is 19.0 Å². The van der Waals surface area contributed by atoms with Crippen LogP contribution < -0.4 is 10.1 Å². The fraction of sp³-hybridized carbons (Fsp3) is 0.353. The molecule has 26 heavy (non-hydrogen) atoms. The lowest BCUT2D eigenvalue weighted by molar-refractivity contribution is -0.142. The number of methoxy groups -OCH3 is 1. The molecule has 2 rings (SSSR count). The predicted octanol–water partition coefficient (Wildman–Crippen LogP) is 3.01. The maximum atomic E-state index is 13.0. The molecule has 0 fully saturated rings. The predicted molar refractivity (Wildman–Crippen MR) is 93.9 cm³/mol. The van der Waals surface area contributed by atoms with Crippen LogP contribution in [0.25, 0.3) is 0 Å². The largest absolute Gasteiger partial charge is 0.488 e. The van der Waals surface area contributed by atoms with E-state index in [1.165, 1.54) is 6.92 Å². The van der Waals surface area contributed by atoms with Gasteiger partial charge in [-0.1, -0.05) is 11.3 Å². The monoisotopic (exact) mass is 382 g/mol. The molecular weight excluding hydrogens is 363 g/mol. The van der Waals surface area contributed by atoms with Crippen molar-refractivity contribution in [3.05, 3.63) is 40.7 Å². The molecule has 1 atom stereocenters. The van der Waals surface area contributed by atoms with Crippen molar-refractivity contribution >= 4 is 28.3 Å². The van der Waals surface area contributed by atoms with E-state index in [2.05, 4.69) is 10.3 Å². The molecule has 0 unspecified atom stereocenters. The maximum Gasteiger partial charge on any atom is 0.302 e. The zero-order chi connectivity index (χ0) is 19.1. The van der Waals surface area contributed by atoms with Gasteiger partial charge < -0.3 is 14.2 Å². The second-order valence-electron chi connectivity index (χ2n) is 5.45. The number of carbonyl (C=O) groups is 2. The summed E-state index contributed by atoms with van der Waals surface area (Å²) in [6.07, 6.45) is 0.784. The smallest absolute Gasteiger partial charge is 0.302 e. The third kappa shape index (κ3) is 6.08. The van der Waals surface area contributed by atoms with Crippen LogP contribution in [-0.2, 0) is 20.9 Å². The standard InChI is InChI=1S/C17H19FN2O5S/c1-10(8-23-3)25-14-5-12(9-24-11(2)21)4-13(6-14)16(22)20-17-19-7-15(18)26-17/h4-7,10H,8-9H2,1-3H3,(H,19,20,22)/t10-/m0/s1. The van der Waals surface area contributed by atoms with E-state index in [4.69, 9.17) is 14.2 Å². The first kappa shape index (κ1) is 19.8. The van der Waals surface area contributed by atoms with Crippen molar-refractivity contribution in [2.45, 2.75) is 26.6 Å². The van der Waals surface area contributed by atoms with Gasteiger partial charge in [-0.05, 0) is 30.7 Å². The number of nitrogens with one attached hydrogen (secondary N) is 1. The minimum atomic E-state index is -0.499. The highest BCUT2D eigenvalue weighted by atomic mass is 32.1. The van der Waals surface area contributed by atoms with Crippen molar-refractivity contribution in [2.24, 2.45) is 0 Å². The van der Waals surface area contributed by atoms with Gasteiger partial charge in [0.1, 0.15) is 18.5 Å². The molecule has 140 valence electrons. The summed E-state index contributed by atoms with van der Waals surface area (Å²) in [7, 11) is 1.56. The molecule has 2 aromatic rings. The molecule has 0 aliphatic carbocycles. The van der Waals surface area contributed by atoms with E-state index in [0.29, 0.717) is 17.9 Å². The number of nitrogens with zero attached hydrogens (tertiary/aromatic N) is 1. The minimum Gasteiger partial charge on any atom is -0.488 e. The van der Waals surface area contributed by atoms with Gasteiger partial charge in [0.05, 0.1) is 12.8 Å². The van der Waals surface area contributed by atoms with Gasteiger partial charge in [0.15, 0.2) is 10.3 Å². The number of anilines is 1. The van der Waals surface area contributed by atoms with Gasteiger partial charge in [-0.2, -0.15) is 4.39 Å². The third-order valence-electron chi connectivity index (χ3n) is 3.11. The summed E-state index contributed by atoms with van der Waals surface area (Å²) in [5.74, 6) is -0.490. The van der Waals surface area contributed by atoms with Gasteiger partial charge >= 0.3 is 5.97 Å². The number of hydrogen-bond acceptors (Lipinski definition) is 7. The highest BCUT2D eigenvalue weighted by Crippen LogP contribution is 2.22. The molecule has 0 spiro atoms. The molecule has 9 heteroatoms. The zero-order valence-corrected chi connectivity index (χ0v) is 15.4. The molecule has 1 heterocycles. The van der Waals surface area contributed by atoms with E-state index >= 15 is 0 Å². The Bertz CT molecular complexity index is 780. The van der Waals surface area contributed by atoms with Gasteiger partial charge in [0.25, 0.3) is 5.91 Å². The second kappa shape index (κ2) is 9.25. The Labute approximate surface area is 154 Å². The van der Waals surface area contributed by atoms with Gasteiger partial charge in [-0.15, -0.1) is 0 Å². The number of thiazole rings is 1. The number of carbonyl (C=O) groups excluding carboxylic acids is 2. The Hall–Kier alpha value is -2.52. The Kier molecular flexibility index (Phi) is 7.05. The number of rotatable bonds is 8. The van der Waals surface area contributed by atoms with E-state index in [-0.39, 0.29) is 23.4 Å². The van der Waals surface area contributed by atoms with Gasteiger partial charge in [0.2, 0.25) is 0 Å². The molecule has 1 aromatic heterocycles. The molecule has 1 amide bonds. The first-order valence-electron chi connectivity index (χ1n) is 7.73. The van der Waals surface area contributed by atoms with E-state index in [9.17, 15) is 14.0 Å². The first-order chi connectivity index (χ1) is 12.4. The number of aromatic nitrogens is 1. The van der Waals surface area contributed by atoms with Crippen LogP contribution >= 0.6 is 11.3 Å². The van der Waals surface area contributed by atoms with E-state index in [1.54, 1.807) is 25.3 Å². The SMILES string of the molecule is COC[C@H](C)Oc1cc(COC(C)=O)cc(C(=O)Nc2ncc(F)s2)c1. The van der Waals surface area contributed by atoms with Crippen LogP contribution in [0, 0.1) is 5.13 Å². The van der Waals surface area contributed by atoms with Gasteiger partial charge in [-0.3, -0.25) is 14.9 Å². The first-order valence-corrected chi connectivity index (χ1v) is 8.54. The Morgan fingerprint density at radius 2 is 2.12 bits per heavy atom. The Morgan fingerprint density at radius 3 is 2.73 bits per heavy atom. The quantitative estimate of drug-likeness (QED) is 0.707. The molecule has 0 bridgehead atoms. The van der Waals surface area contributed by atoms with Crippen molar-refractivity contribution in [1.29, 1.82) is 0 Å². The molecule has 0 radical (unpaired) electrons. The molecule has 0 saturated heterocycles. The maximum absolute atomic E-state index is 13.0. The van der Waals surface area contributed by atoms with Crippen LogP contribution in [0.2, 0.25) is 0 Å². The lowest BCUT2D eigenvalue weighted by Crippen LogP contribution is -2.19. The van der Waals surface area contributed by atoms with Crippen LogP contribution in [0.5, 0.6) is 5.75 Å². The minimum absolute atomic E-state index is 0.00263. The third-order valence-corrected chi connectivity index (χ3v) is 3.81. The number of esters is 1. The van der Waals surface area contributed by atoms with Gasteiger partial charge in [-0.25, -0.2) is 4.98 Å². The molecule has 0 saturated carbocycles. The fourth-order valence-corrected chi connectivity index (χ4v) is 2.65. The summed E-state index contributed by atoms with van der Waals surface area (Å²) in [6, 6.07) is 4.79. The highest BCUT2D eigenvalue weighted by molar-refractivity contribution is 7.14. The number of halogens is 1. The molecule has 7 nitrogen and oxygen atoms in total. The van der Waals surface area contributed by atoms with E-state index < -0.39 is 17.0 Å². The lowest BCUT2D eigenvalue weighted by Gasteiger charge is -2.16. The molecule has 0 aliphatic rings. The number of benzene rings is 1. The molecule has 1 N–H and O–H groups in total. The van der Waals surface area contributed by atoms with Gasteiger partial charge in [0, 0.05) is 19.6 Å². The molecular formula is C17H19FN2O5S. The summed E-state index contributed by atoms with van der Waals surface area (Å²) < 4.78 is 28.8. The average Bonchev–Trinajstić information content (AvgIpc) is 2.97. The summed E-state index contributed by atoms with van der Waals surface area (Å²) in [5.41, 5.74) is 0.850. The zero-order valence-electron chi connectivity index (χ0n) is 14.6. The Morgan fingerprint density at radius 1 is 1.35 bits per heavy atom. The van der Waals surface area contributed by atoms with Crippen LogP contribution in [0.1, 0.15) is 29.8 Å². The van der Waals surface area contributed by atoms with Crippen LogP contribution in [0.15, 0.2) is 24.4 Å². The van der Waals surface area contributed by atoms with Crippen molar-refractivity contribution < 1.29 is 28.2 Å². The average molecular weight is 382 g/mol. The molecule has 0 aliphatic heterocycles. The summed E-state index contributed by atoms with van der Waals surface area (Å²) >= 11 is 0.724. The van der Waals surface area contributed by atoms with Crippen molar-refractivity contribution in [3.8, 4) is 5.75 Å². The van der Waals surface area contributed by atoms with Crippen LogP contribution in [0.3, 0.4) is 0 Å². The fourth-order valence-electron chi connectivity index (χ4n) is 2.11. The van der Waals surface area contributed by atoms with Crippen molar-refractivity contribution in [3.63, 3.8) is 0 Å². The summed E-state index contributed by atoms with van der Waals surface area (Å²) in [4.78, 5) is 27.2. The lowest BCUT2D eigenvalue weighted by atomic mass is 10.1. The Balaban J connectivity index is 2.22. The second-order valence-corrected chi connectivity index (χ2v) is 6.43.